The second kappa shape index (κ2) is 7.10. The Hall–Kier alpha value is -0.610. The highest BCUT2D eigenvalue weighted by Crippen LogP contribution is 2.41. The topological polar surface area (TPSA) is 58.6 Å². The van der Waals surface area contributed by atoms with E-state index in [0.717, 1.165) is 38.5 Å². The van der Waals surface area contributed by atoms with Crippen LogP contribution in [0.25, 0.3) is 0 Å². The molecule has 0 aromatic carbocycles. The van der Waals surface area contributed by atoms with E-state index in [1.807, 2.05) is 13.8 Å². The molecular formula is C19H35NO3. The maximum atomic E-state index is 12.4. The van der Waals surface area contributed by atoms with E-state index in [9.17, 15) is 9.90 Å². The summed E-state index contributed by atoms with van der Waals surface area (Å²) in [5, 5.41) is 13.8. The standard InChI is InChI=1S/C19H35NO3/c1-13-10-15(11-14(2)23-13)17(21)20-12-19(22)8-6-16(7-9-19)18(3,4)5/h13-16,22H,6-12H2,1-5H3,(H,20,21). The lowest BCUT2D eigenvalue weighted by molar-refractivity contribution is -0.134. The third kappa shape index (κ3) is 5.18. The van der Waals surface area contributed by atoms with Gasteiger partial charge >= 0.3 is 0 Å². The van der Waals surface area contributed by atoms with Crippen molar-refractivity contribution in [2.45, 2.75) is 91.0 Å². The van der Waals surface area contributed by atoms with Crippen molar-refractivity contribution in [3.63, 3.8) is 0 Å². The first-order chi connectivity index (χ1) is 10.6. The molecule has 2 N–H and O–H groups in total. The predicted molar refractivity (Wildman–Crippen MR) is 92.1 cm³/mol. The fourth-order valence-corrected chi connectivity index (χ4v) is 4.21. The van der Waals surface area contributed by atoms with Crippen LogP contribution >= 0.6 is 0 Å². The lowest BCUT2D eigenvalue weighted by Gasteiger charge is -2.41. The number of amides is 1. The van der Waals surface area contributed by atoms with Crippen molar-refractivity contribution >= 4 is 5.91 Å². The zero-order valence-electron chi connectivity index (χ0n) is 15.5. The summed E-state index contributed by atoms with van der Waals surface area (Å²) in [6.45, 7) is 11.3. The molecule has 4 nitrogen and oxygen atoms in total. The number of hydrogen-bond acceptors (Lipinski definition) is 3. The molecule has 0 aromatic rings. The number of nitrogens with one attached hydrogen (secondary N) is 1. The maximum Gasteiger partial charge on any atom is 0.223 e. The van der Waals surface area contributed by atoms with E-state index < -0.39 is 5.60 Å². The predicted octanol–water partition coefficient (Wildman–Crippen LogP) is 3.27. The molecule has 2 unspecified atom stereocenters. The van der Waals surface area contributed by atoms with Crippen molar-refractivity contribution < 1.29 is 14.6 Å². The van der Waals surface area contributed by atoms with Crippen LogP contribution in [0.5, 0.6) is 0 Å². The molecule has 1 heterocycles. The first kappa shape index (κ1) is 18.7. The summed E-state index contributed by atoms with van der Waals surface area (Å²) in [7, 11) is 0. The number of hydrogen-bond donors (Lipinski definition) is 2. The van der Waals surface area contributed by atoms with Gasteiger partial charge in [-0.25, -0.2) is 0 Å². The van der Waals surface area contributed by atoms with Gasteiger partial charge in [0.2, 0.25) is 5.91 Å². The minimum absolute atomic E-state index is 0.0169. The summed E-state index contributed by atoms with van der Waals surface area (Å²) < 4.78 is 5.70. The highest BCUT2D eigenvalue weighted by Gasteiger charge is 2.38. The SMILES string of the molecule is CC1CC(C(=O)NCC2(O)CCC(C(C)(C)C)CC2)CC(C)O1. The average molecular weight is 325 g/mol. The van der Waals surface area contributed by atoms with Crippen molar-refractivity contribution in [2.75, 3.05) is 6.54 Å². The highest BCUT2D eigenvalue weighted by molar-refractivity contribution is 5.78. The van der Waals surface area contributed by atoms with E-state index in [4.69, 9.17) is 4.74 Å². The molecule has 134 valence electrons. The Bertz CT molecular complexity index is 397. The Labute approximate surface area is 141 Å². The van der Waals surface area contributed by atoms with Crippen LogP contribution in [0, 0.1) is 17.3 Å². The minimum Gasteiger partial charge on any atom is -0.388 e. The largest absolute Gasteiger partial charge is 0.388 e. The van der Waals surface area contributed by atoms with Gasteiger partial charge in [-0.05, 0) is 63.7 Å². The smallest absolute Gasteiger partial charge is 0.223 e. The number of aliphatic hydroxyl groups is 1. The maximum absolute atomic E-state index is 12.4. The summed E-state index contributed by atoms with van der Waals surface area (Å²) in [6.07, 6.45) is 5.50. The van der Waals surface area contributed by atoms with Gasteiger partial charge in [-0.3, -0.25) is 4.79 Å². The monoisotopic (exact) mass is 325 g/mol. The third-order valence-electron chi connectivity index (χ3n) is 5.80. The van der Waals surface area contributed by atoms with Crippen LogP contribution in [0.2, 0.25) is 0 Å². The molecule has 23 heavy (non-hydrogen) atoms. The van der Waals surface area contributed by atoms with Gasteiger partial charge in [0, 0.05) is 12.5 Å². The molecule has 0 aromatic heterocycles. The number of carbonyl (C=O) groups excluding carboxylic acids is 1. The molecule has 1 aliphatic heterocycles. The Kier molecular flexibility index (Phi) is 5.78. The van der Waals surface area contributed by atoms with Crippen LogP contribution in [-0.4, -0.2) is 35.4 Å². The van der Waals surface area contributed by atoms with Gasteiger partial charge < -0.3 is 15.2 Å². The number of rotatable bonds is 3. The van der Waals surface area contributed by atoms with E-state index >= 15 is 0 Å². The molecular weight excluding hydrogens is 290 g/mol. The Morgan fingerprint density at radius 3 is 2.17 bits per heavy atom. The molecule has 1 aliphatic carbocycles. The molecule has 0 bridgehead atoms. The number of ether oxygens (including phenoxy) is 1. The molecule has 0 spiro atoms. The van der Waals surface area contributed by atoms with Crippen molar-refractivity contribution in [3.8, 4) is 0 Å². The zero-order valence-corrected chi connectivity index (χ0v) is 15.5. The number of carbonyl (C=O) groups is 1. The normalized spacial score (nSPS) is 39.0. The second-order valence-corrected chi connectivity index (χ2v) is 9.01. The van der Waals surface area contributed by atoms with Crippen LogP contribution in [0.1, 0.15) is 73.1 Å². The van der Waals surface area contributed by atoms with Gasteiger partial charge in [0.1, 0.15) is 0 Å². The summed E-state index contributed by atoms with van der Waals surface area (Å²) in [5.74, 6) is 0.761. The van der Waals surface area contributed by atoms with E-state index in [2.05, 4.69) is 26.1 Å². The average Bonchev–Trinajstić information content (AvgIpc) is 2.43. The Morgan fingerprint density at radius 2 is 1.70 bits per heavy atom. The quantitative estimate of drug-likeness (QED) is 0.837. The van der Waals surface area contributed by atoms with Crippen molar-refractivity contribution in [2.24, 2.45) is 17.3 Å². The van der Waals surface area contributed by atoms with Gasteiger partial charge in [-0.2, -0.15) is 0 Å². The van der Waals surface area contributed by atoms with Gasteiger partial charge in [0.05, 0.1) is 17.8 Å². The lowest BCUT2D eigenvalue weighted by atomic mass is 9.68. The van der Waals surface area contributed by atoms with Crippen LogP contribution in [0.3, 0.4) is 0 Å². The lowest BCUT2D eigenvalue weighted by Crippen LogP contribution is -2.48. The molecule has 2 atom stereocenters. The molecule has 1 saturated carbocycles. The van der Waals surface area contributed by atoms with Gasteiger partial charge in [0.15, 0.2) is 0 Å². The molecule has 2 rings (SSSR count). The van der Waals surface area contributed by atoms with E-state index in [-0.39, 0.29) is 24.0 Å². The highest BCUT2D eigenvalue weighted by atomic mass is 16.5. The van der Waals surface area contributed by atoms with E-state index in [1.165, 1.54) is 0 Å². The van der Waals surface area contributed by atoms with E-state index in [0.29, 0.717) is 17.9 Å². The summed E-state index contributed by atoms with van der Waals surface area (Å²) in [5.41, 5.74) is -0.418. The fraction of sp³-hybridized carbons (Fsp3) is 0.947. The van der Waals surface area contributed by atoms with Crippen molar-refractivity contribution in [3.05, 3.63) is 0 Å². The van der Waals surface area contributed by atoms with Crippen LogP contribution in [0.4, 0.5) is 0 Å². The van der Waals surface area contributed by atoms with Crippen LogP contribution < -0.4 is 5.32 Å². The van der Waals surface area contributed by atoms with Gasteiger partial charge in [-0.15, -0.1) is 0 Å². The first-order valence-corrected chi connectivity index (χ1v) is 9.24. The Balaban J connectivity index is 1.80. The van der Waals surface area contributed by atoms with Crippen LogP contribution in [-0.2, 0) is 9.53 Å². The van der Waals surface area contributed by atoms with Crippen molar-refractivity contribution in [1.29, 1.82) is 0 Å². The molecule has 2 fully saturated rings. The second-order valence-electron chi connectivity index (χ2n) is 9.01. The fourth-order valence-electron chi connectivity index (χ4n) is 4.21. The van der Waals surface area contributed by atoms with Crippen molar-refractivity contribution in [1.82, 2.24) is 5.32 Å². The van der Waals surface area contributed by atoms with Crippen LogP contribution in [0.15, 0.2) is 0 Å². The van der Waals surface area contributed by atoms with Gasteiger partial charge in [-0.1, -0.05) is 20.8 Å². The summed E-state index contributed by atoms with van der Waals surface area (Å²) in [6, 6.07) is 0. The zero-order chi connectivity index (χ0) is 17.3. The molecule has 4 heteroatoms. The van der Waals surface area contributed by atoms with E-state index in [1.54, 1.807) is 0 Å². The summed E-state index contributed by atoms with van der Waals surface area (Å²) >= 11 is 0. The molecule has 2 aliphatic rings. The van der Waals surface area contributed by atoms with Gasteiger partial charge in [0.25, 0.3) is 0 Å². The molecule has 1 saturated heterocycles. The Morgan fingerprint density at radius 1 is 1.17 bits per heavy atom. The minimum atomic E-state index is -0.722. The third-order valence-corrected chi connectivity index (χ3v) is 5.80. The summed E-state index contributed by atoms with van der Waals surface area (Å²) in [4.78, 5) is 12.4. The first-order valence-electron chi connectivity index (χ1n) is 9.24. The molecule has 1 amide bonds. The molecule has 0 radical (unpaired) electrons.